The minimum absolute atomic E-state index is 0.329. The third-order valence-electron chi connectivity index (χ3n) is 13.1. The lowest BCUT2D eigenvalue weighted by atomic mass is 9.48. The Hall–Kier alpha value is -0.120. The fraction of sp³-hybridized carbons (Fsp3) is 1.00. The molecule has 3 heteroatoms. The second kappa shape index (κ2) is 17.4. The molecule has 0 saturated heterocycles. The smallest absolute Gasteiger partial charge is 0.0553 e. The summed E-state index contributed by atoms with van der Waals surface area (Å²) in [5, 5.41) is 0. The lowest BCUT2D eigenvalue weighted by molar-refractivity contribution is -0.0408. The van der Waals surface area contributed by atoms with E-state index in [4.69, 9.17) is 17.2 Å². The van der Waals surface area contributed by atoms with E-state index < -0.39 is 5.54 Å². The molecule has 0 aliphatic heterocycles. The van der Waals surface area contributed by atoms with Crippen molar-refractivity contribution in [2.24, 2.45) is 35.0 Å². The zero-order valence-corrected chi connectivity index (χ0v) is 27.6. The van der Waals surface area contributed by atoms with Crippen LogP contribution in [-0.4, -0.2) is 16.6 Å². The highest BCUT2D eigenvalue weighted by Gasteiger charge is 2.64. The zero-order chi connectivity index (χ0) is 28.9. The summed E-state index contributed by atoms with van der Waals surface area (Å²) in [5.41, 5.74) is 23.6. The molecule has 0 aromatic carbocycles. The van der Waals surface area contributed by atoms with Crippen molar-refractivity contribution in [3.63, 3.8) is 0 Å². The Labute approximate surface area is 256 Å². The summed E-state index contributed by atoms with van der Waals surface area (Å²) in [6.45, 7) is 0. The maximum atomic E-state index is 8.35. The van der Waals surface area contributed by atoms with Crippen molar-refractivity contribution >= 4 is 0 Å². The van der Waals surface area contributed by atoms with Crippen LogP contribution in [0.3, 0.4) is 0 Å². The van der Waals surface area contributed by atoms with E-state index >= 15 is 0 Å². The first-order valence-corrected chi connectivity index (χ1v) is 19.4. The van der Waals surface area contributed by atoms with Crippen LogP contribution >= 0.6 is 0 Å². The first kappa shape index (κ1) is 33.8. The fourth-order valence-corrected chi connectivity index (χ4v) is 10.6. The lowest BCUT2D eigenvalue weighted by Gasteiger charge is -2.64. The summed E-state index contributed by atoms with van der Waals surface area (Å²) >= 11 is 0. The van der Waals surface area contributed by atoms with Crippen LogP contribution in [0, 0.1) is 17.8 Å². The Morgan fingerprint density at radius 1 is 0.268 bits per heavy atom. The zero-order valence-electron chi connectivity index (χ0n) is 27.6. The topological polar surface area (TPSA) is 78.1 Å². The average molecular weight is 572 g/mol. The first-order valence-electron chi connectivity index (χ1n) is 19.4. The molecule has 3 nitrogen and oxygen atoms in total. The van der Waals surface area contributed by atoms with Gasteiger partial charge in [-0.05, 0) is 69.1 Å². The van der Waals surface area contributed by atoms with Gasteiger partial charge in [-0.3, -0.25) is 0 Å². The van der Waals surface area contributed by atoms with Gasteiger partial charge >= 0.3 is 0 Å². The average Bonchev–Trinajstić information content (AvgIpc) is 3.53. The van der Waals surface area contributed by atoms with Crippen LogP contribution in [0.5, 0.6) is 0 Å². The molecule has 4 rings (SSSR count). The molecule has 4 saturated carbocycles. The van der Waals surface area contributed by atoms with Crippen molar-refractivity contribution in [3.8, 4) is 0 Å². The quantitative estimate of drug-likeness (QED) is 0.315. The van der Waals surface area contributed by atoms with Gasteiger partial charge < -0.3 is 17.2 Å². The van der Waals surface area contributed by atoms with Crippen molar-refractivity contribution in [3.05, 3.63) is 0 Å². The van der Waals surface area contributed by atoms with E-state index in [-0.39, 0.29) is 11.1 Å². The summed E-state index contributed by atoms with van der Waals surface area (Å²) in [6.07, 6.45) is 42.6. The minimum atomic E-state index is -0.461. The van der Waals surface area contributed by atoms with E-state index in [1.54, 1.807) is 0 Å². The van der Waals surface area contributed by atoms with E-state index in [0.717, 1.165) is 12.8 Å². The standard InChI is InChI=1S/C38H73N3/c39-36(33-25-17-12-8-4-3-5-9-13-18-26-33)31-23-14-10-6-1-2-7-11-15-24-32-37(40,34-27-21-22-28-34)38(36,41)35-29-19-16-20-30-35/h33-35H,1-32,39-41H2. The van der Waals surface area contributed by atoms with Crippen molar-refractivity contribution in [2.75, 3.05) is 0 Å². The third kappa shape index (κ3) is 8.54. The molecule has 0 aromatic rings. The normalized spacial score (nSPS) is 37.0. The second-order valence-electron chi connectivity index (χ2n) is 15.8. The fourth-order valence-electron chi connectivity index (χ4n) is 10.6. The van der Waals surface area contributed by atoms with E-state index in [2.05, 4.69) is 0 Å². The number of hydrogen-bond donors (Lipinski definition) is 3. The van der Waals surface area contributed by atoms with E-state index in [1.165, 1.54) is 193 Å². The molecule has 3 unspecified atom stereocenters. The highest BCUT2D eigenvalue weighted by atomic mass is 15.0. The number of nitrogens with two attached hydrogens (primary N) is 3. The Morgan fingerprint density at radius 2 is 0.488 bits per heavy atom. The van der Waals surface area contributed by atoms with Gasteiger partial charge in [-0.15, -0.1) is 0 Å². The molecule has 0 aromatic heterocycles. The Kier molecular flexibility index (Phi) is 14.3. The van der Waals surface area contributed by atoms with Gasteiger partial charge in [0.1, 0.15) is 0 Å². The van der Waals surface area contributed by atoms with Gasteiger partial charge in [-0.2, -0.15) is 0 Å². The van der Waals surface area contributed by atoms with Gasteiger partial charge in [0.05, 0.1) is 5.54 Å². The molecule has 0 heterocycles. The summed E-state index contributed by atoms with van der Waals surface area (Å²) in [6, 6.07) is 0. The van der Waals surface area contributed by atoms with Crippen LogP contribution in [0.25, 0.3) is 0 Å². The summed E-state index contributed by atoms with van der Waals surface area (Å²) in [4.78, 5) is 0. The van der Waals surface area contributed by atoms with Crippen LogP contribution in [-0.2, 0) is 0 Å². The van der Waals surface area contributed by atoms with Crippen molar-refractivity contribution in [1.82, 2.24) is 0 Å². The maximum absolute atomic E-state index is 8.35. The predicted octanol–water partition coefficient (Wildman–Crippen LogP) is 10.5. The highest BCUT2D eigenvalue weighted by molar-refractivity contribution is 5.25. The molecule has 4 aliphatic rings. The molecular weight excluding hydrogens is 498 g/mol. The molecule has 4 aliphatic carbocycles. The van der Waals surface area contributed by atoms with Crippen LogP contribution < -0.4 is 17.2 Å². The number of rotatable bonds is 3. The summed E-state index contributed by atoms with van der Waals surface area (Å²) in [5.74, 6) is 1.57. The molecule has 0 radical (unpaired) electrons. The monoisotopic (exact) mass is 572 g/mol. The highest BCUT2D eigenvalue weighted by Crippen LogP contribution is 2.54. The van der Waals surface area contributed by atoms with Gasteiger partial charge in [0, 0.05) is 11.1 Å². The van der Waals surface area contributed by atoms with E-state index in [9.17, 15) is 0 Å². The summed E-state index contributed by atoms with van der Waals surface area (Å²) in [7, 11) is 0. The third-order valence-corrected chi connectivity index (χ3v) is 13.1. The largest absolute Gasteiger partial charge is 0.323 e. The SMILES string of the molecule is NC1(C2CCCCCCCCCCC2)CCCCCCCCCCCCC(N)(C2CCCC2)C1(N)C1CCCCC1. The van der Waals surface area contributed by atoms with Crippen LogP contribution in [0.15, 0.2) is 0 Å². The van der Waals surface area contributed by atoms with E-state index in [1.807, 2.05) is 0 Å². The Balaban J connectivity index is 1.76. The molecule has 0 bridgehead atoms. The minimum Gasteiger partial charge on any atom is -0.323 e. The molecule has 6 N–H and O–H groups in total. The van der Waals surface area contributed by atoms with Gasteiger partial charge in [0.25, 0.3) is 0 Å². The molecular formula is C38H73N3. The molecule has 0 amide bonds. The molecule has 240 valence electrons. The lowest BCUT2D eigenvalue weighted by Crippen LogP contribution is -2.85. The Bertz CT molecular complexity index is 686. The van der Waals surface area contributed by atoms with Gasteiger partial charge in [-0.1, -0.05) is 154 Å². The molecule has 41 heavy (non-hydrogen) atoms. The molecule has 0 spiro atoms. The van der Waals surface area contributed by atoms with Gasteiger partial charge in [0.2, 0.25) is 0 Å². The van der Waals surface area contributed by atoms with Crippen LogP contribution in [0.2, 0.25) is 0 Å². The van der Waals surface area contributed by atoms with Crippen molar-refractivity contribution in [2.45, 2.75) is 222 Å². The van der Waals surface area contributed by atoms with Gasteiger partial charge in [-0.25, -0.2) is 0 Å². The van der Waals surface area contributed by atoms with Crippen molar-refractivity contribution in [1.29, 1.82) is 0 Å². The molecule has 4 fully saturated rings. The maximum Gasteiger partial charge on any atom is 0.0553 e. The van der Waals surface area contributed by atoms with Crippen LogP contribution in [0.1, 0.15) is 205 Å². The van der Waals surface area contributed by atoms with Gasteiger partial charge in [0.15, 0.2) is 0 Å². The summed E-state index contributed by atoms with van der Waals surface area (Å²) < 4.78 is 0. The number of hydrogen-bond acceptors (Lipinski definition) is 3. The molecule has 3 atom stereocenters. The predicted molar refractivity (Wildman–Crippen MR) is 179 cm³/mol. The van der Waals surface area contributed by atoms with Crippen LogP contribution in [0.4, 0.5) is 0 Å². The first-order chi connectivity index (χ1) is 20.0. The Morgan fingerprint density at radius 3 is 0.829 bits per heavy atom. The van der Waals surface area contributed by atoms with E-state index in [0.29, 0.717) is 17.8 Å². The second-order valence-corrected chi connectivity index (χ2v) is 15.8. The van der Waals surface area contributed by atoms with Crippen molar-refractivity contribution < 1.29 is 0 Å².